The van der Waals surface area contributed by atoms with Crippen molar-refractivity contribution in [2.45, 2.75) is 38.3 Å². The van der Waals surface area contributed by atoms with E-state index in [1.165, 1.54) is 19.3 Å². The van der Waals surface area contributed by atoms with Gasteiger partial charge in [0, 0.05) is 39.1 Å². The van der Waals surface area contributed by atoms with E-state index in [-0.39, 0.29) is 12.5 Å². The van der Waals surface area contributed by atoms with Gasteiger partial charge in [0.05, 0.1) is 7.11 Å². The summed E-state index contributed by atoms with van der Waals surface area (Å²) < 4.78 is 11.3. The average molecular weight is 392 g/mol. The highest BCUT2D eigenvalue weighted by Crippen LogP contribution is 2.29. The number of carbonyl (C=O) groups is 1. The lowest BCUT2D eigenvalue weighted by molar-refractivity contribution is -0.120. The maximum Gasteiger partial charge on any atom is 0.221 e. The fourth-order valence-corrected chi connectivity index (χ4v) is 3.84. The van der Waals surface area contributed by atoms with Crippen molar-refractivity contribution in [2.75, 3.05) is 53.0 Å². The molecule has 0 unspecified atom stereocenters. The molecule has 2 aliphatic heterocycles. The molecule has 28 heavy (non-hydrogen) atoms. The summed E-state index contributed by atoms with van der Waals surface area (Å²) in [7, 11) is 1.62. The van der Waals surface area contributed by atoms with E-state index in [9.17, 15) is 9.90 Å². The number of aliphatic hydroxyl groups is 1. The molecule has 0 spiro atoms. The van der Waals surface area contributed by atoms with Crippen molar-refractivity contribution in [3.63, 3.8) is 0 Å². The van der Waals surface area contributed by atoms with Gasteiger partial charge in [0.1, 0.15) is 12.7 Å². The van der Waals surface area contributed by atoms with Crippen LogP contribution in [-0.4, -0.2) is 79.9 Å². The Hall–Kier alpha value is -1.83. The van der Waals surface area contributed by atoms with Gasteiger partial charge in [-0.05, 0) is 43.6 Å². The first-order valence-corrected chi connectivity index (χ1v) is 10.3. The van der Waals surface area contributed by atoms with Crippen LogP contribution >= 0.6 is 0 Å². The lowest BCUT2D eigenvalue weighted by Crippen LogP contribution is -2.38. The van der Waals surface area contributed by atoms with E-state index < -0.39 is 6.10 Å². The van der Waals surface area contributed by atoms with E-state index in [0.29, 0.717) is 31.0 Å². The molecule has 2 heterocycles. The Balaban J connectivity index is 1.55. The Morgan fingerprint density at radius 2 is 1.93 bits per heavy atom. The summed E-state index contributed by atoms with van der Waals surface area (Å²) >= 11 is 0. The molecule has 1 atom stereocenters. The zero-order valence-corrected chi connectivity index (χ0v) is 16.9. The summed E-state index contributed by atoms with van der Waals surface area (Å²) in [4.78, 5) is 16.1. The smallest absolute Gasteiger partial charge is 0.221 e. The molecular weight excluding hydrogens is 358 g/mol. The molecule has 7 nitrogen and oxygen atoms in total. The number of β-amino-alcohol motifs (C(OH)–C–C–N with tert-alkyl or cyclic N) is 1. The van der Waals surface area contributed by atoms with Gasteiger partial charge >= 0.3 is 0 Å². The predicted molar refractivity (Wildman–Crippen MR) is 108 cm³/mol. The summed E-state index contributed by atoms with van der Waals surface area (Å²) in [6.45, 7) is 6.04. The number of hydrogen-bond acceptors (Lipinski definition) is 6. The van der Waals surface area contributed by atoms with Gasteiger partial charge in [-0.25, -0.2) is 0 Å². The number of ether oxygens (including phenoxy) is 2. The van der Waals surface area contributed by atoms with Crippen LogP contribution in [0.25, 0.3) is 0 Å². The highest BCUT2D eigenvalue weighted by molar-refractivity contribution is 5.76. The van der Waals surface area contributed by atoms with Gasteiger partial charge in [0.2, 0.25) is 5.91 Å². The van der Waals surface area contributed by atoms with Crippen LogP contribution in [0, 0.1) is 0 Å². The molecule has 2 aliphatic rings. The molecule has 7 heteroatoms. The van der Waals surface area contributed by atoms with E-state index in [1.807, 2.05) is 18.2 Å². The van der Waals surface area contributed by atoms with Gasteiger partial charge in [-0.3, -0.25) is 9.69 Å². The van der Waals surface area contributed by atoms with Gasteiger partial charge in [0.25, 0.3) is 0 Å². The third-order valence-corrected chi connectivity index (χ3v) is 5.39. The lowest BCUT2D eigenvalue weighted by Gasteiger charge is -2.28. The van der Waals surface area contributed by atoms with Gasteiger partial charge in [-0.2, -0.15) is 0 Å². The van der Waals surface area contributed by atoms with Crippen molar-refractivity contribution in [3.8, 4) is 11.5 Å². The third kappa shape index (κ3) is 6.36. The Bertz CT molecular complexity index is 634. The van der Waals surface area contributed by atoms with Crippen LogP contribution < -0.4 is 14.8 Å². The Labute approximate surface area is 167 Å². The molecule has 0 bridgehead atoms. The van der Waals surface area contributed by atoms with Gasteiger partial charge in [-0.1, -0.05) is 12.5 Å². The minimum absolute atomic E-state index is 0.115. The number of rotatable bonds is 8. The Morgan fingerprint density at radius 1 is 1.11 bits per heavy atom. The van der Waals surface area contributed by atoms with E-state index in [0.717, 1.165) is 38.3 Å². The van der Waals surface area contributed by atoms with Crippen LogP contribution in [0.5, 0.6) is 11.5 Å². The topological polar surface area (TPSA) is 74.3 Å². The van der Waals surface area contributed by atoms with Gasteiger partial charge in [-0.15, -0.1) is 0 Å². The predicted octanol–water partition coefficient (Wildman–Crippen LogP) is 1.24. The highest BCUT2D eigenvalue weighted by Gasteiger charge is 2.17. The van der Waals surface area contributed by atoms with Crippen LogP contribution in [0.4, 0.5) is 0 Å². The van der Waals surface area contributed by atoms with Crippen LogP contribution in [0.3, 0.4) is 0 Å². The van der Waals surface area contributed by atoms with E-state index >= 15 is 0 Å². The lowest BCUT2D eigenvalue weighted by atomic mass is 10.1. The van der Waals surface area contributed by atoms with Crippen molar-refractivity contribution < 1.29 is 19.4 Å². The number of hydrogen-bond donors (Lipinski definition) is 2. The Morgan fingerprint density at radius 3 is 2.71 bits per heavy atom. The van der Waals surface area contributed by atoms with E-state index in [2.05, 4.69) is 15.1 Å². The van der Waals surface area contributed by atoms with Crippen molar-refractivity contribution >= 4 is 5.91 Å². The van der Waals surface area contributed by atoms with Crippen molar-refractivity contribution in [1.82, 2.24) is 15.1 Å². The third-order valence-electron chi connectivity index (χ3n) is 5.39. The molecule has 3 rings (SSSR count). The van der Waals surface area contributed by atoms with Crippen molar-refractivity contribution in [1.29, 1.82) is 0 Å². The summed E-state index contributed by atoms with van der Waals surface area (Å²) in [5.74, 6) is 1.44. The number of nitrogens with one attached hydrogen (secondary N) is 1. The molecule has 0 radical (unpaired) electrons. The molecule has 156 valence electrons. The molecule has 2 saturated heterocycles. The molecular formula is C21H33N3O4. The molecule has 1 aromatic carbocycles. The van der Waals surface area contributed by atoms with Crippen LogP contribution in [0.1, 0.15) is 31.2 Å². The first-order chi connectivity index (χ1) is 13.6. The summed E-state index contributed by atoms with van der Waals surface area (Å²) in [5, 5.41) is 13.3. The van der Waals surface area contributed by atoms with Crippen molar-refractivity contribution in [2.24, 2.45) is 0 Å². The minimum Gasteiger partial charge on any atom is -0.493 e. The number of aliphatic hydroxyl groups excluding tert-OH is 1. The summed E-state index contributed by atoms with van der Waals surface area (Å²) in [6, 6.07) is 5.91. The first-order valence-electron chi connectivity index (χ1n) is 10.3. The second kappa shape index (κ2) is 10.6. The molecule has 1 aromatic rings. The molecule has 0 saturated carbocycles. The number of likely N-dealkylation sites (tertiary alicyclic amines) is 1. The Kier molecular flexibility index (Phi) is 7.94. The molecule has 0 aliphatic carbocycles. The SMILES string of the molecule is COc1ccc(CN2CCNC(=O)CC2)cc1OC[C@H](O)CN1CCCCC1. The molecule has 1 amide bonds. The largest absolute Gasteiger partial charge is 0.493 e. The minimum atomic E-state index is -0.519. The molecule has 2 fully saturated rings. The fraction of sp³-hybridized carbons (Fsp3) is 0.667. The van der Waals surface area contributed by atoms with Gasteiger partial charge < -0.3 is 24.8 Å². The number of nitrogens with zero attached hydrogens (tertiary/aromatic N) is 2. The zero-order chi connectivity index (χ0) is 19.8. The number of carbonyl (C=O) groups excluding carboxylic acids is 1. The van der Waals surface area contributed by atoms with Crippen molar-refractivity contribution in [3.05, 3.63) is 23.8 Å². The quantitative estimate of drug-likeness (QED) is 0.695. The van der Waals surface area contributed by atoms with Crippen LogP contribution in [0.15, 0.2) is 18.2 Å². The van der Waals surface area contributed by atoms with Gasteiger partial charge in [0.15, 0.2) is 11.5 Å². The number of methoxy groups -OCH3 is 1. The highest BCUT2D eigenvalue weighted by atomic mass is 16.5. The second-order valence-corrected chi connectivity index (χ2v) is 7.69. The summed E-state index contributed by atoms with van der Waals surface area (Å²) in [6.07, 6.45) is 3.72. The van der Waals surface area contributed by atoms with Crippen LogP contribution in [-0.2, 0) is 11.3 Å². The maximum absolute atomic E-state index is 11.5. The first kappa shape index (κ1) is 20.9. The average Bonchev–Trinajstić information content (AvgIpc) is 2.91. The van der Waals surface area contributed by atoms with E-state index in [4.69, 9.17) is 9.47 Å². The normalized spacial score (nSPS) is 20.3. The number of benzene rings is 1. The fourth-order valence-electron chi connectivity index (χ4n) is 3.84. The van der Waals surface area contributed by atoms with Crippen LogP contribution in [0.2, 0.25) is 0 Å². The second-order valence-electron chi connectivity index (χ2n) is 7.69. The molecule has 2 N–H and O–H groups in total. The van der Waals surface area contributed by atoms with E-state index in [1.54, 1.807) is 7.11 Å². The number of piperidine rings is 1. The monoisotopic (exact) mass is 391 g/mol. The molecule has 0 aromatic heterocycles. The zero-order valence-electron chi connectivity index (χ0n) is 16.9. The maximum atomic E-state index is 11.5. The standard InChI is InChI=1S/C21H33N3O4/c1-27-19-6-5-17(14-24-11-7-21(26)22-8-12-24)13-20(19)28-16-18(25)15-23-9-3-2-4-10-23/h5-6,13,18,25H,2-4,7-12,14-16H2,1H3,(H,22,26)/t18-/m1/s1. The number of amides is 1. The summed E-state index contributed by atoms with van der Waals surface area (Å²) in [5.41, 5.74) is 1.11.